The van der Waals surface area contributed by atoms with Crippen molar-refractivity contribution in [2.75, 3.05) is 26.4 Å². The first-order valence-corrected chi connectivity index (χ1v) is 26.8. The molecule has 3 N–H and O–H groups in total. The molecule has 0 aromatic heterocycles. The zero-order valence-electron chi connectivity index (χ0n) is 39.4. The quantitative estimate of drug-likeness (QED) is 0.0233. The van der Waals surface area contributed by atoms with E-state index < -0.39 is 39.2 Å². The first-order chi connectivity index (χ1) is 29.7. The van der Waals surface area contributed by atoms with Gasteiger partial charge in [0, 0.05) is 12.8 Å². The van der Waals surface area contributed by atoms with Gasteiger partial charge in [0.25, 0.3) is 0 Å². The monoisotopic (exact) mass is 887 g/mol. The number of phosphoric ester groups is 1. The third-order valence-electron chi connectivity index (χ3n) is 11.2. The molecular weight excluding hydrogens is 792 g/mol. The van der Waals surface area contributed by atoms with Gasteiger partial charge in [-0.25, -0.2) is 4.57 Å². The zero-order chi connectivity index (χ0) is 44.8. The summed E-state index contributed by atoms with van der Waals surface area (Å²) in [6.45, 7) is 2.99. The molecule has 0 aliphatic heterocycles. The molecule has 0 bridgehead atoms. The van der Waals surface area contributed by atoms with Gasteiger partial charge >= 0.3 is 19.8 Å². The molecule has 61 heavy (non-hydrogen) atoms. The molecule has 0 aliphatic carbocycles. The molecule has 0 aromatic carbocycles. The fraction of sp³-hybridized carbons (Fsp3) is 0.880. The molecule has 2 atom stereocenters. The van der Waals surface area contributed by atoms with Crippen molar-refractivity contribution in [1.82, 2.24) is 0 Å². The lowest BCUT2D eigenvalue weighted by atomic mass is 10.1. The lowest BCUT2D eigenvalue weighted by molar-refractivity contribution is -0.165. The summed E-state index contributed by atoms with van der Waals surface area (Å²) in [5.41, 5.74) is 0. The van der Waals surface area contributed by atoms with E-state index in [1.165, 1.54) is 167 Å². The van der Waals surface area contributed by atoms with Crippen LogP contribution in [0.5, 0.6) is 0 Å². The van der Waals surface area contributed by atoms with Crippen LogP contribution in [0.4, 0.5) is 0 Å². The molecule has 0 saturated heterocycles. The average molecular weight is 887 g/mol. The maximum absolute atomic E-state index is 12.7. The van der Waals surface area contributed by atoms with Crippen LogP contribution in [-0.2, 0) is 32.9 Å². The molecule has 0 rings (SSSR count). The average Bonchev–Trinajstić information content (AvgIpc) is 3.24. The largest absolute Gasteiger partial charge is 0.469 e. The van der Waals surface area contributed by atoms with E-state index in [-0.39, 0.29) is 32.0 Å². The van der Waals surface area contributed by atoms with E-state index in [4.69, 9.17) is 24.0 Å². The molecule has 0 saturated carbocycles. The molecule has 11 heteroatoms. The first-order valence-electron chi connectivity index (χ1n) is 25.3. The number of unbranched alkanes of at least 4 members (excludes halogenated alkanes) is 30. The first kappa shape index (κ1) is 59.5. The van der Waals surface area contributed by atoms with Gasteiger partial charge in [0.15, 0.2) is 6.10 Å². The number of hydrogen-bond acceptors (Lipinski definition) is 8. The van der Waals surface area contributed by atoms with Crippen molar-refractivity contribution in [2.45, 2.75) is 257 Å². The number of phosphoric acid groups is 1. The van der Waals surface area contributed by atoms with Crippen LogP contribution in [0.3, 0.4) is 0 Å². The van der Waals surface area contributed by atoms with Gasteiger partial charge in [-0.15, -0.1) is 0 Å². The molecule has 0 fully saturated rings. The molecule has 360 valence electrons. The second-order valence-electron chi connectivity index (χ2n) is 17.2. The Balaban J connectivity index is 4.18. The van der Waals surface area contributed by atoms with Crippen molar-refractivity contribution < 1.29 is 47.8 Å². The maximum atomic E-state index is 12.7. The Morgan fingerprint density at radius 3 is 1.16 bits per heavy atom. The minimum absolute atomic E-state index is 0.202. The van der Waals surface area contributed by atoms with Crippen molar-refractivity contribution in [1.29, 1.82) is 0 Å². The topological polar surface area (TPSA) is 149 Å². The van der Waals surface area contributed by atoms with Crippen LogP contribution in [0.25, 0.3) is 0 Å². The third kappa shape index (κ3) is 47.8. The highest BCUT2D eigenvalue weighted by molar-refractivity contribution is 7.46. The summed E-state index contributed by atoms with van der Waals surface area (Å²) in [6, 6.07) is 0. The number of ether oxygens (including phenoxy) is 3. The molecule has 10 nitrogen and oxygen atoms in total. The minimum Gasteiger partial charge on any atom is -0.462 e. The number of aliphatic hydroxyl groups is 1. The maximum Gasteiger partial charge on any atom is 0.469 e. The number of carbonyl (C=O) groups excluding carboxylic acids is 2. The van der Waals surface area contributed by atoms with E-state index in [0.717, 1.165) is 44.9 Å². The lowest BCUT2D eigenvalue weighted by Gasteiger charge is -2.22. The summed E-state index contributed by atoms with van der Waals surface area (Å²) in [7, 11) is -4.75. The van der Waals surface area contributed by atoms with Crippen molar-refractivity contribution >= 4 is 19.8 Å². The Morgan fingerprint density at radius 2 is 0.803 bits per heavy atom. The number of carbonyl (C=O) groups is 2. The van der Waals surface area contributed by atoms with Crippen LogP contribution in [-0.4, -0.2) is 65.5 Å². The molecule has 0 amide bonds. The van der Waals surface area contributed by atoms with Crippen LogP contribution < -0.4 is 0 Å². The highest BCUT2D eigenvalue weighted by Crippen LogP contribution is 2.35. The molecule has 0 aliphatic rings. The second-order valence-corrected chi connectivity index (χ2v) is 18.5. The fourth-order valence-electron chi connectivity index (χ4n) is 7.29. The minimum atomic E-state index is -4.75. The Hall–Kier alpha value is -1.55. The van der Waals surface area contributed by atoms with Crippen LogP contribution >= 0.6 is 7.82 Å². The molecule has 0 radical (unpaired) electrons. The van der Waals surface area contributed by atoms with E-state index in [0.29, 0.717) is 6.42 Å². The fourth-order valence-corrected chi connectivity index (χ4v) is 7.65. The predicted octanol–water partition coefficient (Wildman–Crippen LogP) is 14.1. The Morgan fingerprint density at radius 1 is 0.459 bits per heavy atom. The van der Waals surface area contributed by atoms with Gasteiger partial charge in [0.1, 0.15) is 12.7 Å². The van der Waals surface area contributed by atoms with E-state index >= 15 is 0 Å². The van der Waals surface area contributed by atoms with Crippen molar-refractivity contribution in [2.24, 2.45) is 0 Å². The summed E-state index contributed by atoms with van der Waals surface area (Å²) in [6.07, 6.45) is 49.4. The highest BCUT2D eigenvalue weighted by atomic mass is 31.2. The van der Waals surface area contributed by atoms with Gasteiger partial charge in [0.05, 0.1) is 19.8 Å². The Bertz CT molecular complexity index is 1060. The van der Waals surface area contributed by atoms with E-state index in [9.17, 15) is 19.3 Å². The molecule has 0 aromatic rings. The second kappa shape index (κ2) is 46.4. The van der Waals surface area contributed by atoms with Gasteiger partial charge < -0.3 is 29.1 Å². The lowest BCUT2D eigenvalue weighted by Crippen LogP contribution is -2.34. The van der Waals surface area contributed by atoms with Crippen molar-refractivity contribution in [3.8, 4) is 0 Å². The SMILES string of the molecule is CCCCCCCC/C=C\CCCCCCCCCCCC(=O)OC[C@H](COC(CO)COP(=O)(O)O)OC(=O)CCCCCCCCCCC/C=C\CCCCCCCC. The smallest absolute Gasteiger partial charge is 0.462 e. The molecule has 1 unspecified atom stereocenters. The van der Waals surface area contributed by atoms with Crippen LogP contribution in [0.2, 0.25) is 0 Å². The molecule has 0 heterocycles. The predicted molar refractivity (Wildman–Crippen MR) is 252 cm³/mol. The summed E-state index contributed by atoms with van der Waals surface area (Å²) in [5.74, 6) is -0.797. The van der Waals surface area contributed by atoms with Gasteiger partial charge in [-0.1, -0.05) is 192 Å². The Labute approximate surface area is 374 Å². The van der Waals surface area contributed by atoms with Crippen LogP contribution in [0, 0.1) is 0 Å². The highest BCUT2D eigenvalue weighted by Gasteiger charge is 2.22. The Kier molecular flexibility index (Phi) is 45.3. The number of hydrogen-bond donors (Lipinski definition) is 3. The van der Waals surface area contributed by atoms with E-state index in [1.54, 1.807) is 0 Å². The third-order valence-corrected chi connectivity index (χ3v) is 11.6. The van der Waals surface area contributed by atoms with Crippen LogP contribution in [0.1, 0.15) is 245 Å². The van der Waals surface area contributed by atoms with Gasteiger partial charge in [-0.05, 0) is 64.2 Å². The van der Waals surface area contributed by atoms with Gasteiger partial charge in [0.2, 0.25) is 0 Å². The number of rotatable bonds is 48. The molecule has 0 spiro atoms. The van der Waals surface area contributed by atoms with Gasteiger partial charge in [-0.3, -0.25) is 14.1 Å². The molecular formula is C50H95O10P. The zero-order valence-corrected chi connectivity index (χ0v) is 40.3. The van der Waals surface area contributed by atoms with Crippen LogP contribution in [0.15, 0.2) is 24.3 Å². The van der Waals surface area contributed by atoms with Crippen molar-refractivity contribution in [3.63, 3.8) is 0 Å². The van der Waals surface area contributed by atoms with E-state index in [2.05, 4.69) is 42.7 Å². The summed E-state index contributed by atoms with van der Waals surface area (Å²) >= 11 is 0. The summed E-state index contributed by atoms with van der Waals surface area (Å²) < 4.78 is 32.1. The standard InChI is InChI=1S/C50H95O10P/c1-3-5-7-9-11-13-15-17-19-21-23-25-27-29-31-33-35-37-39-41-49(52)58-45-48(44-57-47(43-51)46-59-61(54,55)56)60-50(53)42-40-38-36-34-32-30-28-26-24-22-20-18-16-14-12-10-8-6-4-2/h17-20,47-48,51H,3-16,21-46H2,1-2H3,(H2,54,55,56)/b19-17-,20-18-/t47?,48-/m0/s1. The number of esters is 2. The number of allylic oxidation sites excluding steroid dienone is 4. The summed E-state index contributed by atoms with van der Waals surface area (Å²) in [5, 5.41) is 9.59. The summed E-state index contributed by atoms with van der Waals surface area (Å²) in [4.78, 5) is 43.2. The van der Waals surface area contributed by atoms with Crippen molar-refractivity contribution in [3.05, 3.63) is 24.3 Å². The number of aliphatic hydroxyl groups excluding tert-OH is 1. The van der Waals surface area contributed by atoms with E-state index in [1.807, 2.05) is 0 Å². The van der Waals surface area contributed by atoms with Gasteiger partial charge in [-0.2, -0.15) is 0 Å². The normalized spacial score (nSPS) is 13.1.